The second-order valence-electron chi connectivity index (χ2n) is 4.71. The fourth-order valence-electron chi connectivity index (χ4n) is 2.12. The third-order valence-corrected chi connectivity index (χ3v) is 5.14. The molecule has 6 nitrogen and oxygen atoms in total. The van der Waals surface area contributed by atoms with Crippen LogP contribution in [-0.2, 0) is 9.59 Å². The molecule has 3 rings (SSSR count). The van der Waals surface area contributed by atoms with Gasteiger partial charge in [0.2, 0.25) is 6.79 Å². The zero-order chi connectivity index (χ0) is 16.6. The van der Waals surface area contributed by atoms with Crippen molar-refractivity contribution in [2.45, 2.75) is 6.42 Å². The average Bonchev–Trinajstić information content (AvgIpc) is 3.04. The molecule has 120 valence electrons. The second-order valence-corrected chi connectivity index (χ2v) is 7.24. The Bertz CT molecular complexity index is 749. The van der Waals surface area contributed by atoms with Gasteiger partial charge in [-0.15, -0.1) is 0 Å². The highest BCUT2D eigenvalue weighted by Crippen LogP contribution is 2.41. The number of ether oxygens (including phenoxy) is 2. The number of aliphatic carboxylic acids is 1. The summed E-state index contributed by atoms with van der Waals surface area (Å²) in [6.07, 6.45) is 1.56. The van der Waals surface area contributed by atoms with Gasteiger partial charge in [0.25, 0.3) is 5.91 Å². The Labute approximate surface area is 149 Å². The summed E-state index contributed by atoms with van der Waals surface area (Å²) in [4.78, 5) is 24.8. The van der Waals surface area contributed by atoms with Crippen LogP contribution >= 0.6 is 39.9 Å². The van der Waals surface area contributed by atoms with Crippen LogP contribution in [0, 0.1) is 0 Å². The van der Waals surface area contributed by atoms with Crippen LogP contribution in [0.5, 0.6) is 11.5 Å². The van der Waals surface area contributed by atoms with Crippen molar-refractivity contribution >= 4 is 62.2 Å². The predicted octanol–water partition coefficient (Wildman–Crippen LogP) is 2.85. The lowest BCUT2D eigenvalue weighted by Crippen LogP contribution is -2.30. The van der Waals surface area contributed by atoms with Gasteiger partial charge in [0.05, 0.1) is 15.8 Å². The van der Waals surface area contributed by atoms with E-state index in [-0.39, 0.29) is 25.7 Å². The zero-order valence-electron chi connectivity index (χ0n) is 11.6. The van der Waals surface area contributed by atoms with Gasteiger partial charge in [-0.05, 0) is 39.7 Å². The predicted molar refractivity (Wildman–Crippen MR) is 92.4 cm³/mol. The van der Waals surface area contributed by atoms with E-state index in [1.807, 2.05) is 6.07 Å². The van der Waals surface area contributed by atoms with E-state index in [1.165, 1.54) is 4.90 Å². The van der Waals surface area contributed by atoms with Crippen LogP contribution in [0.25, 0.3) is 6.08 Å². The van der Waals surface area contributed by atoms with Crippen molar-refractivity contribution < 1.29 is 24.2 Å². The van der Waals surface area contributed by atoms with Crippen LogP contribution in [-0.4, -0.2) is 39.5 Å². The summed E-state index contributed by atoms with van der Waals surface area (Å²) >= 11 is 9.70. The van der Waals surface area contributed by atoms with Crippen molar-refractivity contribution in [3.05, 3.63) is 27.1 Å². The first-order chi connectivity index (χ1) is 11.0. The van der Waals surface area contributed by atoms with E-state index in [0.29, 0.717) is 20.7 Å². The standard InChI is InChI=1S/C14H10BrNO5S2/c15-8-3-7(4-9-12(8)21-6-20-9)5-10-13(19)16(14(22)23-10)2-1-11(17)18/h3-5H,1-2,6H2,(H,17,18)/b10-5+. The summed E-state index contributed by atoms with van der Waals surface area (Å²) < 4.78 is 11.8. The monoisotopic (exact) mass is 415 g/mol. The number of carbonyl (C=O) groups excluding carboxylic acids is 1. The van der Waals surface area contributed by atoms with Crippen molar-refractivity contribution in [1.82, 2.24) is 4.90 Å². The Hall–Kier alpha value is -1.58. The third kappa shape index (κ3) is 3.36. The smallest absolute Gasteiger partial charge is 0.305 e. The molecule has 2 aliphatic heterocycles. The highest BCUT2D eigenvalue weighted by atomic mass is 79.9. The maximum atomic E-state index is 12.3. The molecule has 0 unspecified atom stereocenters. The molecule has 1 aromatic rings. The van der Waals surface area contributed by atoms with Gasteiger partial charge in [-0.3, -0.25) is 14.5 Å². The zero-order valence-corrected chi connectivity index (χ0v) is 14.8. The van der Waals surface area contributed by atoms with Crippen molar-refractivity contribution in [3.63, 3.8) is 0 Å². The second kappa shape index (κ2) is 6.50. The molecule has 1 amide bonds. The average molecular weight is 416 g/mol. The summed E-state index contributed by atoms with van der Waals surface area (Å²) in [7, 11) is 0. The Kier molecular flexibility index (Phi) is 4.60. The van der Waals surface area contributed by atoms with E-state index in [2.05, 4.69) is 15.9 Å². The maximum absolute atomic E-state index is 12.3. The topological polar surface area (TPSA) is 76.1 Å². The van der Waals surface area contributed by atoms with E-state index in [1.54, 1.807) is 12.1 Å². The molecule has 0 radical (unpaired) electrons. The Morgan fingerprint density at radius 2 is 2.26 bits per heavy atom. The van der Waals surface area contributed by atoms with E-state index < -0.39 is 5.97 Å². The number of nitrogens with zero attached hydrogens (tertiary/aromatic N) is 1. The Balaban J connectivity index is 1.83. The maximum Gasteiger partial charge on any atom is 0.305 e. The summed E-state index contributed by atoms with van der Waals surface area (Å²) in [6, 6.07) is 3.59. The summed E-state index contributed by atoms with van der Waals surface area (Å²) in [6.45, 7) is 0.233. The first kappa shape index (κ1) is 16.3. The highest BCUT2D eigenvalue weighted by Gasteiger charge is 2.32. The van der Waals surface area contributed by atoms with Gasteiger partial charge in [-0.1, -0.05) is 24.0 Å². The van der Waals surface area contributed by atoms with E-state index in [9.17, 15) is 9.59 Å². The summed E-state index contributed by atoms with van der Waals surface area (Å²) in [5.74, 6) is -0.0130. The van der Waals surface area contributed by atoms with Crippen molar-refractivity contribution in [1.29, 1.82) is 0 Å². The summed E-state index contributed by atoms with van der Waals surface area (Å²) in [5, 5.41) is 8.73. The molecule has 0 atom stereocenters. The molecule has 0 spiro atoms. The van der Waals surface area contributed by atoms with Gasteiger partial charge < -0.3 is 14.6 Å². The van der Waals surface area contributed by atoms with Crippen LogP contribution in [0.4, 0.5) is 0 Å². The molecular weight excluding hydrogens is 406 g/mol. The van der Waals surface area contributed by atoms with Crippen molar-refractivity contribution in [2.75, 3.05) is 13.3 Å². The van der Waals surface area contributed by atoms with Gasteiger partial charge in [0.1, 0.15) is 4.32 Å². The van der Waals surface area contributed by atoms with Crippen LogP contribution in [0.3, 0.4) is 0 Å². The molecule has 1 saturated heterocycles. The molecule has 9 heteroatoms. The minimum atomic E-state index is -0.970. The summed E-state index contributed by atoms with van der Waals surface area (Å²) in [5.41, 5.74) is 0.764. The number of thiocarbonyl (C=S) groups is 1. The minimum absolute atomic E-state index is 0.0716. The number of benzene rings is 1. The molecule has 23 heavy (non-hydrogen) atoms. The Morgan fingerprint density at radius 3 is 3.00 bits per heavy atom. The van der Waals surface area contributed by atoms with Gasteiger partial charge in [-0.25, -0.2) is 0 Å². The molecule has 2 heterocycles. The number of thioether (sulfide) groups is 1. The number of hydrogen-bond donors (Lipinski definition) is 1. The van der Waals surface area contributed by atoms with Crippen molar-refractivity contribution in [3.8, 4) is 11.5 Å². The number of fused-ring (bicyclic) bond motifs is 1. The van der Waals surface area contributed by atoms with Gasteiger partial charge in [0.15, 0.2) is 11.5 Å². The number of amides is 1. The Morgan fingerprint density at radius 1 is 1.48 bits per heavy atom. The first-order valence-electron chi connectivity index (χ1n) is 6.52. The van der Waals surface area contributed by atoms with E-state index in [0.717, 1.165) is 21.8 Å². The molecule has 1 fully saturated rings. The molecule has 0 saturated carbocycles. The fraction of sp³-hybridized carbons (Fsp3) is 0.214. The molecule has 2 aliphatic rings. The highest BCUT2D eigenvalue weighted by molar-refractivity contribution is 9.10. The number of halogens is 1. The van der Waals surface area contributed by atoms with Crippen LogP contribution in [0.1, 0.15) is 12.0 Å². The quantitative estimate of drug-likeness (QED) is 0.598. The molecule has 1 N–H and O–H groups in total. The lowest BCUT2D eigenvalue weighted by atomic mass is 10.2. The number of hydrogen-bond acceptors (Lipinski definition) is 6. The normalized spacial score (nSPS) is 18.1. The molecule has 0 aromatic heterocycles. The number of carboxylic acid groups (broad SMARTS) is 1. The minimum Gasteiger partial charge on any atom is -0.481 e. The lowest BCUT2D eigenvalue weighted by Gasteiger charge is -2.12. The number of rotatable bonds is 4. The SMILES string of the molecule is O=C(O)CCN1C(=O)/C(=C\c2cc(Br)c3c(c2)OCO3)SC1=S. The first-order valence-corrected chi connectivity index (χ1v) is 8.54. The largest absolute Gasteiger partial charge is 0.481 e. The van der Waals surface area contributed by atoms with Crippen LogP contribution in [0.15, 0.2) is 21.5 Å². The van der Waals surface area contributed by atoms with Crippen LogP contribution < -0.4 is 9.47 Å². The fourth-order valence-corrected chi connectivity index (χ4v) is 4.00. The molecule has 0 aliphatic carbocycles. The van der Waals surface area contributed by atoms with Gasteiger partial charge in [0, 0.05) is 6.54 Å². The van der Waals surface area contributed by atoms with Gasteiger partial charge in [-0.2, -0.15) is 0 Å². The number of carbonyl (C=O) groups is 2. The van der Waals surface area contributed by atoms with Crippen molar-refractivity contribution in [2.24, 2.45) is 0 Å². The molecule has 1 aromatic carbocycles. The van der Waals surface area contributed by atoms with E-state index >= 15 is 0 Å². The molecular formula is C14H10BrNO5S2. The van der Waals surface area contributed by atoms with Crippen LogP contribution in [0.2, 0.25) is 0 Å². The number of carboxylic acids is 1. The lowest BCUT2D eigenvalue weighted by molar-refractivity contribution is -0.137. The van der Waals surface area contributed by atoms with E-state index in [4.69, 9.17) is 26.8 Å². The molecule has 0 bridgehead atoms. The van der Waals surface area contributed by atoms with Gasteiger partial charge >= 0.3 is 5.97 Å². The third-order valence-electron chi connectivity index (χ3n) is 3.17.